The van der Waals surface area contributed by atoms with Crippen molar-refractivity contribution in [1.82, 2.24) is 14.5 Å². The van der Waals surface area contributed by atoms with Crippen LogP contribution in [0, 0.1) is 6.92 Å². The lowest BCUT2D eigenvalue weighted by Gasteiger charge is -2.24. The van der Waals surface area contributed by atoms with Gasteiger partial charge in [-0.1, -0.05) is 11.6 Å². The van der Waals surface area contributed by atoms with Crippen LogP contribution in [0.2, 0.25) is 5.15 Å². The van der Waals surface area contributed by atoms with Gasteiger partial charge in [0.05, 0.1) is 5.39 Å². The molecule has 2 aromatic rings. The van der Waals surface area contributed by atoms with E-state index in [4.69, 9.17) is 16.3 Å². The lowest BCUT2D eigenvalue weighted by molar-refractivity contribution is -0.0295. The van der Waals surface area contributed by atoms with Crippen molar-refractivity contribution in [1.29, 1.82) is 0 Å². The molecular weight excluding hydrogens is 238 g/mol. The Balaban J connectivity index is 2.10. The molecule has 2 aromatic heterocycles. The van der Waals surface area contributed by atoms with Gasteiger partial charge in [-0.3, -0.25) is 0 Å². The molecule has 0 aliphatic carbocycles. The number of fused-ring (bicyclic) bond motifs is 1. The number of halogens is 1. The minimum Gasteiger partial charge on any atom is -0.358 e. The fourth-order valence-corrected chi connectivity index (χ4v) is 2.54. The first-order chi connectivity index (χ1) is 8.25. The third-order valence-corrected chi connectivity index (χ3v) is 3.39. The van der Waals surface area contributed by atoms with E-state index in [-0.39, 0.29) is 6.23 Å². The van der Waals surface area contributed by atoms with Gasteiger partial charge < -0.3 is 9.30 Å². The van der Waals surface area contributed by atoms with Crippen LogP contribution >= 0.6 is 11.6 Å². The molecule has 1 aliphatic heterocycles. The van der Waals surface area contributed by atoms with Gasteiger partial charge in [-0.15, -0.1) is 0 Å². The van der Waals surface area contributed by atoms with E-state index in [1.54, 1.807) is 0 Å². The Kier molecular flexibility index (Phi) is 2.76. The summed E-state index contributed by atoms with van der Waals surface area (Å²) >= 11 is 6.11. The SMILES string of the molecule is Cc1nc(Cl)c2ccn(C3CCCCO3)c2n1. The molecule has 17 heavy (non-hydrogen) atoms. The number of ether oxygens (including phenoxy) is 1. The molecule has 1 unspecified atom stereocenters. The van der Waals surface area contributed by atoms with Gasteiger partial charge in [0.2, 0.25) is 0 Å². The molecule has 90 valence electrons. The molecule has 0 amide bonds. The first kappa shape index (κ1) is 11.0. The summed E-state index contributed by atoms with van der Waals surface area (Å²) in [5.41, 5.74) is 0.870. The first-order valence-corrected chi connectivity index (χ1v) is 6.26. The molecule has 4 nitrogen and oxygen atoms in total. The summed E-state index contributed by atoms with van der Waals surface area (Å²) < 4.78 is 7.83. The summed E-state index contributed by atoms with van der Waals surface area (Å²) in [6.45, 7) is 2.67. The molecule has 1 atom stereocenters. The molecule has 0 N–H and O–H groups in total. The second-order valence-electron chi connectivity index (χ2n) is 4.34. The zero-order valence-corrected chi connectivity index (χ0v) is 10.4. The summed E-state index contributed by atoms with van der Waals surface area (Å²) in [6.07, 6.45) is 5.45. The zero-order valence-electron chi connectivity index (χ0n) is 9.69. The molecule has 3 heterocycles. The van der Waals surface area contributed by atoms with E-state index in [1.165, 1.54) is 6.42 Å². The number of nitrogens with zero attached hydrogens (tertiary/aromatic N) is 3. The van der Waals surface area contributed by atoms with Crippen LogP contribution in [0.5, 0.6) is 0 Å². The Morgan fingerprint density at radius 1 is 1.41 bits per heavy atom. The van der Waals surface area contributed by atoms with Crippen molar-refractivity contribution >= 4 is 22.6 Å². The van der Waals surface area contributed by atoms with Crippen LogP contribution in [0.3, 0.4) is 0 Å². The van der Waals surface area contributed by atoms with Crippen molar-refractivity contribution in [3.8, 4) is 0 Å². The van der Waals surface area contributed by atoms with Crippen LogP contribution in [-0.4, -0.2) is 21.1 Å². The largest absolute Gasteiger partial charge is 0.358 e. The third-order valence-electron chi connectivity index (χ3n) is 3.10. The molecule has 0 bridgehead atoms. The van der Waals surface area contributed by atoms with Gasteiger partial charge in [0.1, 0.15) is 22.9 Å². The van der Waals surface area contributed by atoms with E-state index < -0.39 is 0 Å². The van der Waals surface area contributed by atoms with Crippen molar-refractivity contribution in [2.24, 2.45) is 0 Å². The predicted molar refractivity (Wildman–Crippen MR) is 66.1 cm³/mol. The number of hydrogen-bond acceptors (Lipinski definition) is 3. The van der Waals surface area contributed by atoms with Gasteiger partial charge in [0.25, 0.3) is 0 Å². The summed E-state index contributed by atoms with van der Waals surface area (Å²) in [4.78, 5) is 8.62. The quantitative estimate of drug-likeness (QED) is 0.732. The smallest absolute Gasteiger partial charge is 0.147 e. The Bertz CT molecular complexity index is 546. The Morgan fingerprint density at radius 3 is 3.06 bits per heavy atom. The number of rotatable bonds is 1. The topological polar surface area (TPSA) is 39.9 Å². The van der Waals surface area contributed by atoms with E-state index in [1.807, 2.05) is 19.2 Å². The van der Waals surface area contributed by atoms with Gasteiger partial charge in [0.15, 0.2) is 0 Å². The van der Waals surface area contributed by atoms with E-state index >= 15 is 0 Å². The second kappa shape index (κ2) is 4.27. The summed E-state index contributed by atoms with van der Waals surface area (Å²) in [7, 11) is 0. The first-order valence-electron chi connectivity index (χ1n) is 5.88. The zero-order chi connectivity index (χ0) is 11.8. The molecule has 0 aromatic carbocycles. The van der Waals surface area contributed by atoms with Crippen LogP contribution in [0.1, 0.15) is 31.3 Å². The molecule has 1 fully saturated rings. The third kappa shape index (κ3) is 1.91. The van der Waals surface area contributed by atoms with Crippen LogP contribution < -0.4 is 0 Å². The normalized spacial score (nSPS) is 20.9. The minimum absolute atomic E-state index is 0.0895. The molecule has 0 spiro atoms. The highest BCUT2D eigenvalue weighted by atomic mass is 35.5. The Hall–Kier alpha value is -1.13. The van der Waals surface area contributed by atoms with Crippen molar-refractivity contribution < 1.29 is 4.74 Å². The summed E-state index contributed by atoms with van der Waals surface area (Å²) in [6, 6.07) is 1.95. The molecule has 0 radical (unpaired) electrons. The number of hydrogen-bond donors (Lipinski definition) is 0. The molecule has 1 saturated heterocycles. The lowest BCUT2D eigenvalue weighted by Crippen LogP contribution is -2.17. The maximum Gasteiger partial charge on any atom is 0.147 e. The van der Waals surface area contributed by atoms with Gasteiger partial charge >= 0.3 is 0 Å². The Labute approximate surface area is 105 Å². The van der Waals surface area contributed by atoms with E-state index in [2.05, 4.69) is 14.5 Å². The van der Waals surface area contributed by atoms with E-state index in [0.29, 0.717) is 11.0 Å². The maximum atomic E-state index is 6.11. The lowest BCUT2D eigenvalue weighted by atomic mass is 10.2. The molecule has 1 aliphatic rings. The van der Waals surface area contributed by atoms with Crippen molar-refractivity contribution in [2.75, 3.05) is 6.61 Å². The average molecular weight is 252 g/mol. The number of aryl methyl sites for hydroxylation is 1. The fourth-order valence-electron chi connectivity index (χ4n) is 2.27. The van der Waals surface area contributed by atoms with Gasteiger partial charge in [-0.05, 0) is 32.3 Å². The van der Waals surface area contributed by atoms with Crippen LogP contribution in [0.25, 0.3) is 11.0 Å². The molecular formula is C12H14ClN3O. The van der Waals surface area contributed by atoms with Crippen LogP contribution in [0.4, 0.5) is 0 Å². The molecule has 5 heteroatoms. The fraction of sp³-hybridized carbons (Fsp3) is 0.500. The van der Waals surface area contributed by atoms with E-state index in [0.717, 1.165) is 30.5 Å². The standard InChI is InChI=1S/C12H14ClN3O/c1-8-14-11(13)9-5-6-16(12(9)15-8)10-4-2-3-7-17-10/h5-6,10H,2-4,7H2,1H3. The molecule has 0 saturated carbocycles. The Morgan fingerprint density at radius 2 is 2.29 bits per heavy atom. The van der Waals surface area contributed by atoms with Gasteiger partial charge in [0, 0.05) is 12.8 Å². The highest BCUT2D eigenvalue weighted by Gasteiger charge is 2.19. The maximum absolute atomic E-state index is 6.11. The van der Waals surface area contributed by atoms with Crippen LogP contribution in [-0.2, 0) is 4.74 Å². The van der Waals surface area contributed by atoms with Gasteiger partial charge in [-0.2, -0.15) is 0 Å². The van der Waals surface area contributed by atoms with Gasteiger partial charge in [-0.25, -0.2) is 9.97 Å². The van der Waals surface area contributed by atoms with Crippen LogP contribution in [0.15, 0.2) is 12.3 Å². The average Bonchev–Trinajstić information content (AvgIpc) is 2.74. The van der Waals surface area contributed by atoms with Crippen molar-refractivity contribution in [3.05, 3.63) is 23.2 Å². The summed E-state index contributed by atoms with van der Waals surface area (Å²) in [5, 5.41) is 1.41. The highest BCUT2D eigenvalue weighted by molar-refractivity contribution is 6.33. The predicted octanol–water partition coefficient (Wildman–Crippen LogP) is 3.09. The number of aromatic nitrogens is 3. The second-order valence-corrected chi connectivity index (χ2v) is 4.70. The summed E-state index contributed by atoms with van der Waals surface area (Å²) in [5.74, 6) is 0.693. The molecule has 3 rings (SSSR count). The van der Waals surface area contributed by atoms with Crippen molar-refractivity contribution in [2.45, 2.75) is 32.4 Å². The van der Waals surface area contributed by atoms with E-state index in [9.17, 15) is 0 Å². The highest BCUT2D eigenvalue weighted by Crippen LogP contribution is 2.28. The monoisotopic (exact) mass is 251 g/mol. The van der Waals surface area contributed by atoms with Crippen molar-refractivity contribution in [3.63, 3.8) is 0 Å². The minimum atomic E-state index is 0.0895.